The van der Waals surface area contributed by atoms with E-state index in [0.29, 0.717) is 22.4 Å². The summed E-state index contributed by atoms with van der Waals surface area (Å²) in [5.74, 6) is 0.808. The maximum absolute atomic E-state index is 13.1. The first-order valence-electron chi connectivity index (χ1n) is 13.8. The van der Waals surface area contributed by atoms with Gasteiger partial charge in [0.25, 0.3) is 0 Å². The second kappa shape index (κ2) is 9.22. The van der Waals surface area contributed by atoms with Crippen molar-refractivity contribution < 1.29 is 4.79 Å². The Balaban J connectivity index is 1.30. The molecule has 200 valence electrons. The van der Waals surface area contributed by atoms with Gasteiger partial charge in [-0.2, -0.15) is 0 Å². The fraction of sp³-hybridized carbons (Fsp3) is 0.139. The summed E-state index contributed by atoms with van der Waals surface area (Å²) < 4.78 is 0. The van der Waals surface area contributed by atoms with Gasteiger partial charge in [-0.3, -0.25) is 15.1 Å². The minimum absolute atomic E-state index is 0.0718. The van der Waals surface area contributed by atoms with Crippen LogP contribution in [-0.4, -0.2) is 16.5 Å². The standard InChI is InChI=1S/C36H29N3OS/c1-21-9-13-23(14-10-21)39(24-15-11-22(2)12-16-24)32-19-30-29(20-38-32)35-31(36(30,3)4)18-25(41-35)17-28-33(37)26-7-5-6-8-27(26)34(28)40/h5-20,37H,1-4H3/b28-17-,37-33?. The average Bonchev–Trinajstić information content (AvgIpc) is 3.57. The van der Waals surface area contributed by atoms with Crippen LogP contribution < -0.4 is 4.90 Å². The zero-order chi connectivity index (χ0) is 28.5. The molecule has 41 heavy (non-hydrogen) atoms. The van der Waals surface area contributed by atoms with Gasteiger partial charge in [0.1, 0.15) is 5.82 Å². The smallest absolute Gasteiger partial charge is 0.195 e. The second-order valence-corrected chi connectivity index (χ2v) is 12.5. The number of pyridine rings is 1. The van der Waals surface area contributed by atoms with Crippen molar-refractivity contribution in [2.24, 2.45) is 0 Å². The molecule has 0 bridgehead atoms. The molecule has 4 nitrogen and oxygen atoms in total. The molecule has 5 aromatic rings. The van der Waals surface area contributed by atoms with Crippen molar-refractivity contribution in [2.75, 3.05) is 4.90 Å². The van der Waals surface area contributed by atoms with E-state index in [-0.39, 0.29) is 11.2 Å². The topological polar surface area (TPSA) is 57.1 Å². The van der Waals surface area contributed by atoms with Crippen molar-refractivity contribution in [3.63, 3.8) is 0 Å². The summed E-state index contributed by atoms with van der Waals surface area (Å²) in [7, 11) is 0. The number of aryl methyl sites for hydroxylation is 2. The summed E-state index contributed by atoms with van der Waals surface area (Å²) in [6.45, 7) is 8.71. The summed E-state index contributed by atoms with van der Waals surface area (Å²) in [6, 6.07) is 28.9. The van der Waals surface area contributed by atoms with Crippen molar-refractivity contribution in [3.05, 3.63) is 135 Å². The molecule has 3 aromatic carbocycles. The number of rotatable bonds is 4. The van der Waals surface area contributed by atoms with Crippen molar-refractivity contribution in [1.82, 2.24) is 4.98 Å². The van der Waals surface area contributed by atoms with E-state index >= 15 is 0 Å². The monoisotopic (exact) mass is 551 g/mol. The predicted octanol–water partition coefficient (Wildman–Crippen LogP) is 9.18. The molecule has 0 atom stereocenters. The van der Waals surface area contributed by atoms with E-state index in [1.54, 1.807) is 17.4 Å². The van der Waals surface area contributed by atoms with Gasteiger partial charge in [0.2, 0.25) is 0 Å². The molecule has 0 radical (unpaired) electrons. The second-order valence-electron chi connectivity index (χ2n) is 11.4. The highest BCUT2D eigenvalue weighted by molar-refractivity contribution is 7.16. The number of allylic oxidation sites excluding steroid dienone is 1. The van der Waals surface area contributed by atoms with Crippen molar-refractivity contribution in [1.29, 1.82) is 5.41 Å². The summed E-state index contributed by atoms with van der Waals surface area (Å²) in [6.07, 6.45) is 3.89. The Kier molecular flexibility index (Phi) is 5.70. The van der Waals surface area contributed by atoms with E-state index < -0.39 is 0 Å². The lowest BCUT2D eigenvalue weighted by Gasteiger charge is -2.27. The number of nitrogens with one attached hydrogen (secondary N) is 1. The van der Waals surface area contributed by atoms with Crippen LogP contribution >= 0.6 is 11.3 Å². The number of anilines is 3. The molecule has 7 rings (SSSR count). The molecular weight excluding hydrogens is 522 g/mol. The summed E-state index contributed by atoms with van der Waals surface area (Å²) in [5, 5.41) is 8.61. The SMILES string of the molecule is Cc1ccc(N(c2ccc(C)cc2)c2cc3c(cn2)-c2sc(/C=C4/C(=N)c5ccccc5C4=O)cc2C3(C)C)cc1. The number of benzene rings is 3. The quantitative estimate of drug-likeness (QED) is 0.227. The molecule has 0 aliphatic heterocycles. The first-order valence-corrected chi connectivity index (χ1v) is 14.6. The van der Waals surface area contributed by atoms with E-state index in [4.69, 9.17) is 10.4 Å². The van der Waals surface area contributed by atoms with Gasteiger partial charge in [-0.05, 0) is 67.4 Å². The van der Waals surface area contributed by atoms with Gasteiger partial charge >= 0.3 is 0 Å². The number of thiophene rings is 1. The van der Waals surface area contributed by atoms with Gasteiger partial charge in [0.15, 0.2) is 5.78 Å². The van der Waals surface area contributed by atoms with Gasteiger partial charge in [-0.25, -0.2) is 4.98 Å². The number of carbonyl (C=O) groups excluding carboxylic acids is 1. The Bertz CT molecular complexity index is 1830. The Morgan fingerprint density at radius 1 is 0.805 bits per heavy atom. The molecule has 0 amide bonds. The van der Waals surface area contributed by atoms with Crippen molar-refractivity contribution in [3.8, 4) is 10.4 Å². The molecule has 5 heteroatoms. The minimum Gasteiger partial charge on any atom is -0.299 e. The van der Waals surface area contributed by atoms with Crippen LogP contribution in [0.2, 0.25) is 0 Å². The van der Waals surface area contributed by atoms with Crippen molar-refractivity contribution >= 4 is 46.1 Å². The number of hydrogen-bond acceptors (Lipinski definition) is 5. The number of hydrogen-bond donors (Lipinski definition) is 1. The van der Waals surface area contributed by atoms with Crippen LogP contribution in [0, 0.1) is 19.3 Å². The maximum atomic E-state index is 13.1. The van der Waals surface area contributed by atoms with E-state index in [1.807, 2.05) is 30.5 Å². The molecule has 2 heterocycles. The number of Topliss-reactive ketones (excluding diaryl/α,β-unsaturated/α-hetero) is 1. The molecule has 2 aromatic heterocycles. The lowest BCUT2D eigenvalue weighted by atomic mass is 9.83. The van der Waals surface area contributed by atoms with Crippen LogP contribution in [0.1, 0.15) is 56.9 Å². The fourth-order valence-electron chi connectivity index (χ4n) is 5.94. The third-order valence-electron chi connectivity index (χ3n) is 8.29. The van der Waals surface area contributed by atoms with E-state index in [1.165, 1.54) is 27.1 Å². The Labute approximate surface area is 244 Å². The highest BCUT2D eigenvalue weighted by atomic mass is 32.1. The molecule has 2 aliphatic carbocycles. The number of ketones is 1. The molecule has 2 aliphatic rings. The minimum atomic E-state index is -0.238. The zero-order valence-corrected chi connectivity index (χ0v) is 24.3. The first-order chi connectivity index (χ1) is 19.7. The lowest BCUT2D eigenvalue weighted by molar-refractivity contribution is 0.104. The van der Waals surface area contributed by atoms with Crippen LogP contribution in [0.15, 0.2) is 96.7 Å². The third-order valence-corrected chi connectivity index (χ3v) is 9.40. The highest BCUT2D eigenvalue weighted by Gasteiger charge is 2.39. The number of fused-ring (bicyclic) bond motifs is 4. The molecule has 0 fully saturated rings. The fourth-order valence-corrected chi connectivity index (χ4v) is 7.23. The predicted molar refractivity (Wildman–Crippen MR) is 169 cm³/mol. The van der Waals surface area contributed by atoms with Gasteiger partial charge in [0, 0.05) is 55.0 Å². The molecule has 0 spiro atoms. The number of nitrogens with zero attached hydrogens (tertiary/aromatic N) is 2. The van der Waals surface area contributed by atoms with Crippen LogP contribution in [0.4, 0.5) is 17.2 Å². The van der Waals surface area contributed by atoms with E-state index in [9.17, 15) is 4.79 Å². The van der Waals surface area contributed by atoms with Gasteiger partial charge in [-0.1, -0.05) is 73.5 Å². The summed E-state index contributed by atoms with van der Waals surface area (Å²) >= 11 is 1.67. The van der Waals surface area contributed by atoms with Crippen LogP contribution in [-0.2, 0) is 5.41 Å². The first kappa shape index (κ1) is 25.4. The normalized spacial score (nSPS) is 15.7. The number of aromatic nitrogens is 1. The van der Waals surface area contributed by atoms with E-state index in [0.717, 1.165) is 27.6 Å². The van der Waals surface area contributed by atoms with Gasteiger partial charge in [0.05, 0.1) is 5.71 Å². The maximum Gasteiger partial charge on any atom is 0.195 e. The van der Waals surface area contributed by atoms with Crippen LogP contribution in [0.3, 0.4) is 0 Å². The third kappa shape index (κ3) is 3.99. The highest BCUT2D eigenvalue weighted by Crippen LogP contribution is 2.53. The molecule has 0 unspecified atom stereocenters. The molecule has 0 saturated carbocycles. The zero-order valence-electron chi connectivity index (χ0n) is 23.4. The Morgan fingerprint density at radius 3 is 2.02 bits per heavy atom. The molecule has 1 N–H and O–H groups in total. The Hall–Kier alpha value is -4.61. The summed E-state index contributed by atoms with van der Waals surface area (Å²) in [5.41, 5.74) is 10.0. The lowest BCUT2D eigenvalue weighted by Crippen LogP contribution is -2.17. The number of carbonyl (C=O) groups is 1. The van der Waals surface area contributed by atoms with Gasteiger partial charge < -0.3 is 0 Å². The molecule has 0 saturated heterocycles. The average molecular weight is 552 g/mol. The summed E-state index contributed by atoms with van der Waals surface area (Å²) in [4.78, 5) is 22.5. The van der Waals surface area contributed by atoms with Gasteiger partial charge in [-0.15, -0.1) is 11.3 Å². The largest absolute Gasteiger partial charge is 0.299 e. The molecular formula is C36H29N3OS. The van der Waals surface area contributed by atoms with Crippen LogP contribution in [0.5, 0.6) is 0 Å². The van der Waals surface area contributed by atoms with Crippen molar-refractivity contribution in [2.45, 2.75) is 33.1 Å². The van der Waals surface area contributed by atoms with E-state index in [2.05, 4.69) is 93.3 Å². The Morgan fingerprint density at radius 2 is 1.41 bits per heavy atom. The van der Waals surface area contributed by atoms with Crippen LogP contribution in [0.25, 0.3) is 16.5 Å².